The van der Waals surface area contributed by atoms with Crippen molar-refractivity contribution in [3.63, 3.8) is 0 Å². The van der Waals surface area contributed by atoms with Crippen LogP contribution in [-0.4, -0.2) is 40.1 Å². The van der Waals surface area contributed by atoms with Crippen LogP contribution in [0.1, 0.15) is 59.6 Å². The monoisotopic (exact) mass is 687 g/mol. The molecule has 5 aromatic rings. The second kappa shape index (κ2) is 13.8. The fraction of sp³-hybridized carbons (Fsp3) is 0.289. The maximum absolute atomic E-state index is 13.7. The Labute approximate surface area is 284 Å². The molecule has 0 unspecified atom stereocenters. The van der Waals surface area contributed by atoms with E-state index in [1.807, 2.05) is 54.6 Å². The van der Waals surface area contributed by atoms with Crippen molar-refractivity contribution in [3.05, 3.63) is 136 Å². The van der Waals surface area contributed by atoms with E-state index < -0.39 is 24.1 Å². The number of esters is 1. The highest BCUT2D eigenvalue weighted by Gasteiger charge is 2.38. The molecule has 0 saturated carbocycles. The van der Waals surface area contributed by atoms with E-state index in [0.717, 1.165) is 33.3 Å². The van der Waals surface area contributed by atoms with Gasteiger partial charge in [-0.05, 0) is 83.7 Å². The van der Waals surface area contributed by atoms with Gasteiger partial charge in [-0.15, -0.1) is 0 Å². The van der Waals surface area contributed by atoms with Crippen LogP contribution in [0.25, 0.3) is 10.9 Å². The lowest BCUT2D eigenvalue weighted by Gasteiger charge is -2.36. The van der Waals surface area contributed by atoms with Gasteiger partial charge < -0.3 is 13.7 Å². The van der Waals surface area contributed by atoms with Crippen molar-refractivity contribution in [1.82, 2.24) is 4.57 Å². The van der Waals surface area contributed by atoms with Crippen LogP contribution in [-0.2, 0) is 32.0 Å². The first kappa shape index (κ1) is 34.6. The molecule has 1 aromatic heterocycles. The summed E-state index contributed by atoms with van der Waals surface area (Å²) in [6, 6.07) is 32.2. The lowest BCUT2D eigenvalue weighted by Crippen LogP contribution is -2.40. The number of halogens is 1. The molecule has 0 spiro atoms. The Balaban J connectivity index is 1.69. The molecule has 6 nitrogen and oxygen atoms in total. The summed E-state index contributed by atoms with van der Waals surface area (Å²) < 4.78 is 41.4. The second-order valence-corrected chi connectivity index (χ2v) is 20.7. The van der Waals surface area contributed by atoms with Crippen molar-refractivity contribution >= 4 is 46.6 Å². The SMILES string of the molecule is COC(=O)c1ccc(S(=O)(=O)CCc2c(CO[Si](C)(C)C(C)(C)C)n(C(c3ccccc3)c3ccccc3)c3ccc(Cl)cc23)cc1. The van der Waals surface area contributed by atoms with Crippen molar-refractivity contribution in [2.45, 2.75) is 62.9 Å². The first-order valence-electron chi connectivity index (χ1n) is 15.7. The van der Waals surface area contributed by atoms with E-state index in [1.54, 1.807) is 0 Å². The average Bonchev–Trinajstić information content (AvgIpc) is 3.35. The first-order chi connectivity index (χ1) is 22.2. The smallest absolute Gasteiger partial charge is 0.337 e. The van der Waals surface area contributed by atoms with E-state index in [2.05, 4.69) is 62.7 Å². The number of ether oxygens (including phenoxy) is 1. The molecule has 0 N–H and O–H groups in total. The number of benzene rings is 4. The Morgan fingerprint density at radius 3 is 1.98 bits per heavy atom. The lowest BCUT2D eigenvalue weighted by atomic mass is 9.98. The third kappa shape index (κ3) is 7.41. The molecule has 4 aromatic carbocycles. The van der Waals surface area contributed by atoms with Gasteiger partial charge in [0.25, 0.3) is 0 Å². The molecule has 246 valence electrons. The molecule has 0 saturated heterocycles. The Bertz CT molecular complexity index is 1930. The van der Waals surface area contributed by atoms with Crippen LogP contribution in [0.3, 0.4) is 0 Å². The largest absolute Gasteiger partial charge is 0.465 e. The summed E-state index contributed by atoms with van der Waals surface area (Å²) in [4.78, 5) is 12.1. The van der Waals surface area contributed by atoms with Crippen molar-refractivity contribution in [3.8, 4) is 0 Å². The lowest BCUT2D eigenvalue weighted by molar-refractivity contribution is 0.0600. The number of fused-ring (bicyclic) bond motifs is 1. The topological polar surface area (TPSA) is 74.6 Å². The van der Waals surface area contributed by atoms with Crippen LogP contribution in [0.2, 0.25) is 23.2 Å². The number of rotatable bonds is 11. The highest BCUT2D eigenvalue weighted by atomic mass is 35.5. The van der Waals surface area contributed by atoms with Gasteiger partial charge in [0.2, 0.25) is 0 Å². The van der Waals surface area contributed by atoms with E-state index >= 15 is 0 Å². The number of carbonyl (C=O) groups is 1. The van der Waals surface area contributed by atoms with Crippen LogP contribution < -0.4 is 0 Å². The zero-order valence-electron chi connectivity index (χ0n) is 27.8. The Morgan fingerprint density at radius 1 is 0.872 bits per heavy atom. The summed E-state index contributed by atoms with van der Waals surface area (Å²) >= 11 is 6.62. The zero-order valence-corrected chi connectivity index (χ0v) is 30.4. The maximum atomic E-state index is 13.7. The minimum absolute atomic E-state index is 0.0225. The summed E-state index contributed by atoms with van der Waals surface area (Å²) in [6.45, 7) is 11.4. The van der Waals surface area contributed by atoms with Gasteiger partial charge in [0, 0.05) is 21.6 Å². The standard InChI is InChI=1S/C38H42ClNO5SSi/c1-38(2,3)47(5,6)45-26-35-32(23-24-46(42,43)31-20-17-29(18-21-31)37(41)44-4)33-25-30(39)19-22-34(33)40(35)36(27-13-9-7-10-14-27)28-15-11-8-12-16-28/h7-22,25,36H,23-24,26H2,1-6H3. The summed E-state index contributed by atoms with van der Waals surface area (Å²) in [5.41, 5.74) is 5.28. The van der Waals surface area contributed by atoms with Crippen molar-refractivity contribution < 1.29 is 22.4 Å². The van der Waals surface area contributed by atoms with Gasteiger partial charge in [0.15, 0.2) is 18.2 Å². The molecule has 0 aliphatic heterocycles. The molecule has 0 bridgehead atoms. The average molecular weight is 688 g/mol. The number of hydrogen-bond donors (Lipinski definition) is 0. The van der Waals surface area contributed by atoms with E-state index in [0.29, 0.717) is 17.2 Å². The molecular formula is C38H42ClNO5SSi. The number of hydrogen-bond acceptors (Lipinski definition) is 5. The molecule has 0 radical (unpaired) electrons. The molecule has 0 aliphatic rings. The van der Waals surface area contributed by atoms with Gasteiger partial charge in [-0.25, -0.2) is 13.2 Å². The highest BCUT2D eigenvalue weighted by molar-refractivity contribution is 7.91. The van der Waals surface area contributed by atoms with Gasteiger partial charge in [0.1, 0.15) is 0 Å². The minimum Gasteiger partial charge on any atom is -0.465 e. The van der Waals surface area contributed by atoms with Gasteiger partial charge in [0.05, 0.1) is 36.0 Å². The Hall–Kier alpha value is -3.69. The quantitative estimate of drug-likeness (QED) is 0.102. The number of sulfone groups is 1. The van der Waals surface area contributed by atoms with Gasteiger partial charge in [-0.2, -0.15) is 0 Å². The zero-order chi connectivity index (χ0) is 34.0. The number of aromatic nitrogens is 1. The molecule has 0 amide bonds. The molecule has 0 fully saturated rings. The van der Waals surface area contributed by atoms with Gasteiger partial charge in [-0.3, -0.25) is 0 Å². The summed E-state index contributed by atoms with van der Waals surface area (Å²) in [5.74, 6) is -0.652. The maximum Gasteiger partial charge on any atom is 0.337 e. The van der Waals surface area contributed by atoms with E-state index in [-0.39, 0.29) is 28.1 Å². The third-order valence-corrected chi connectivity index (χ3v) is 15.7. The Morgan fingerprint density at radius 2 is 1.45 bits per heavy atom. The first-order valence-corrected chi connectivity index (χ1v) is 20.6. The van der Waals surface area contributed by atoms with Crippen LogP contribution in [0, 0.1) is 0 Å². The molecule has 9 heteroatoms. The summed E-state index contributed by atoms with van der Waals surface area (Å²) in [6.07, 6.45) is 0.247. The predicted octanol–water partition coefficient (Wildman–Crippen LogP) is 9.26. The van der Waals surface area contributed by atoms with Gasteiger partial charge >= 0.3 is 5.97 Å². The molecule has 0 aliphatic carbocycles. The fourth-order valence-corrected chi connectivity index (χ4v) is 8.00. The van der Waals surface area contributed by atoms with Crippen molar-refractivity contribution in [2.24, 2.45) is 0 Å². The number of nitrogens with zero attached hydrogens (tertiary/aromatic N) is 1. The fourth-order valence-electron chi connectivity index (χ4n) is 5.63. The van der Waals surface area contributed by atoms with E-state index in [4.69, 9.17) is 20.8 Å². The number of carbonyl (C=O) groups excluding carboxylic acids is 1. The highest BCUT2D eigenvalue weighted by Crippen LogP contribution is 2.41. The molecule has 1 heterocycles. The van der Waals surface area contributed by atoms with Crippen LogP contribution in [0.15, 0.2) is 108 Å². The van der Waals surface area contributed by atoms with E-state index in [1.165, 1.54) is 31.4 Å². The van der Waals surface area contributed by atoms with Crippen LogP contribution in [0.4, 0.5) is 0 Å². The third-order valence-electron chi connectivity index (χ3n) is 9.30. The Kier molecular flexibility index (Phi) is 10.2. The van der Waals surface area contributed by atoms with E-state index in [9.17, 15) is 13.2 Å². The normalized spacial score (nSPS) is 12.5. The van der Waals surface area contributed by atoms with Crippen LogP contribution in [0.5, 0.6) is 0 Å². The van der Waals surface area contributed by atoms with Crippen molar-refractivity contribution in [1.29, 1.82) is 0 Å². The predicted molar refractivity (Wildman–Crippen MR) is 193 cm³/mol. The molecule has 5 rings (SSSR count). The number of methoxy groups -OCH3 is 1. The summed E-state index contributed by atoms with van der Waals surface area (Å²) in [7, 11) is -4.63. The van der Waals surface area contributed by atoms with Crippen LogP contribution >= 0.6 is 11.6 Å². The molecule has 47 heavy (non-hydrogen) atoms. The van der Waals surface area contributed by atoms with Gasteiger partial charge in [-0.1, -0.05) is 93.0 Å². The molecular weight excluding hydrogens is 646 g/mol. The van der Waals surface area contributed by atoms with Crippen molar-refractivity contribution in [2.75, 3.05) is 12.9 Å². The molecule has 0 atom stereocenters. The summed E-state index contributed by atoms with van der Waals surface area (Å²) in [5, 5.41) is 1.45. The minimum atomic E-state index is -3.71. The second-order valence-electron chi connectivity index (χ2n) is 13.3. The number of aryl methyl sites for hydroxylation is 1.